The van der Waals surface area contributed by atoms with Crippen LogP contribution in [0, 0.1) is 11.6 Å². The fourth-order valence-corrected chi connectivity index (χ4v) is 2.97. The van der Waals surface area contributed by atoms with E-state index in [1.165, 1.54) is 6.07 Å². The van der Waals surface area contributed by atoms with Crippen LogP contribution in [0.3, 0.4) is 0 Å². The number of hydrogen-bond acceptors (Lipinski definition) is 6. The van der Waals surface area contributed by atoms with Crippen LogP contribution in [-0.2, 0) is 6.54 Å². The van der Waals surface area contributed by atoms with E-state index in [-0.39, 0.29) is 18.1 Å². The van der Waals surface area contributed by atoms with Gasteiger partial charge in [0.25, 0.3) is 5.89 Å². The first-order valence-electron chi connectivity index (χ1n) is 7.92. The third-order valence-electron chi connectivity index (χ3n) is 4.23. The molecule has 2 aromatic rings. The minimum atomic E-state index is -0.726. The number of piperazine rings is 1. The van der Waals surface area contributed by atoms with Gasteiger partial charge in [-0.15, -0.1) is 0 Å². The lowest BCUT2D eigenvalue weighted by Crippen LogP contribution is -2.52. The minimum Gasteiger partial charge on any atom is -0.395 e. The number of aliphatic hydroxyl groups excluding tert-OH is 1. The summed E-state index contributed by atoms with van der Waals surface area (Å²) >= 11 is 0. The minimum absolute atomic E-state index is 0.0504. The van der Waals surface area contributed by atoms with Gasteiger partial charge in [0.15, 0.2) is 5.82 Å². The molecule has 8 heteroatoms. The first kappa shape index (κ1) is 16.9. The van der Waals surface area contributed by atoms with Crippen LogP contribution in [0.4, 0.5) is 8.78 Å². The normalized spacial score (nSPS) is 19.8. The third-order valence-corrected chi connectivity index (χ3v) is 4.23. The Kier molecular flexibility index (Phi) is 5.17. The lowest BCUT2D eigenvalue weighted by atomic mass is 10.2. The van der Waals surface area contributed by atoms with Crippen molar-refractivity contribution in [2.24, 2.45) is 0 Å². The van der Waals surface area contributed by atoms with Crippen LogP contribution in [0.15, 0.2) is 22.7 Å². The van der Waals surface area contributed by atoms with Gasteiger partial charge in [-0.05, 0) is 19.1 Å². The molecule has 1 atom stereocenters. The molecule has 0 spiro atoms. The summed E-state index contributed by atoms with van der Waals surface area (Å²) < 4.78 is 31.8. The summed E-state index contributed by atoms with van der Waals surface area (Å²) in [5, 5.41) is 12.9. The van der Waals surface area contributed by atoms with Crippen LogP contribution in [0.1, 0.15) is 12.7 Å². The molecule has 0 radical (unpaired) electrons. The molecule has 1 N–H and O–H groups in total. The van der Waals surface area contributed by atoms with E-state index < -0.39 is 11.6 Å². The molecule has 130 valence electrons. The highest BCUT2D eigenvalue weighted by Gasteiger charge is 2.24. The van der Waals surface area contributed by atoms with Gasteiger partial charge >= 0.3 is 0 Å². The lowest BCUT2D eigenvalue weighted by Gasteiger charge is -2.39. The molecule has 24 heavy (non-hydrogen) atoms. The third kappa shape index (κ3) is 3.77. The Morgan fingerprint density at radius 1 is 1.33 bits per heavy atom. The van der Waals surface area contributed by atoms with Crippen LogP contribution in [0.2, 0.25) is 0 Å². The molecule has 1 aromatic carbocycles. The summed E-state index contributed by atoms with van der Waals surface area (Å²) in [5.41, 5.74) is 0.0938. The fraction of sp³-hybridized carbons (Fsp3) is 0.500. The number of benzene rings is 1. The van der Waals surface area contributed by atoms with Crippen LogP contribution in [0.25, 0.3) is 11.5 Å². The number of rotatable bonds is 5. The average molecular weight is 338 g/mol. The molecule has 1 aliphatic rings. The van der Waals surface area contributed by atoms with Gasteiger partial charge in [-0.25, -0.2) is 8.78 Å². The first-order valence-corrected chi connectivity index (χ1v) is 7.92. The predicted molar refractivity (Wildman–Crippen MR) is 83.0 cm³/mol. The monoisotopic (exact) mass is 338 g/mol. The average Bonchev–Trinajstić information content (AvgIpc) is 2.98. The molecule has 0 amide bonds. The summed E-state index contributed by atoms with van der Waals surface area (Å²) in [6.45, 7) is 5.96. The Morgan fingerprint density at radius 3 is 2.88 bits per heavy atom. The highest BCUT2D eigenvalue weighted by molar-refractivity contribution is 5.53. The summed E-state index contributed by atoms with van der Waals surface area (Å²) in [6, 6.07) is 3.57. The van der Waals surface area contributed by atoms with Crippen molar-refractivity contribution in [3.05, 3.63) is 35.7 Å². The van der Waals surface area contributed by atoms with Crippen LogP contribution < -0.4 is 0 Å². The van der Waals surface area contributed by atoms with Crippen molar-refractivity contribution in [2.45, 2.75) is 19.5 Å². The van der Waals surface area contributed by atoms with Crippen LogP contribution in [-0.4, -0.2) is 63.9 Å². The summed E-state index contributed by atoms with van der Waals surface area (Å²) in [6.07, 6.45) is 0. The predicted octanol–water partition coefficient (Wildman–Crippen LogP) is 1.51. The highest BCUT2D eigenvalue weighted by Crippen LogP contribution is 2.22. The number of nitrogens with zero attached hydrogens (tertiary/aromatic N) is 4. The molecule has 1 aliphatic heterocycles. The first-order chi connectivity index (χ1) is 11.6. The molecule has 2 heterocycles. The second-order valence-corrected chi connectivity index (χ2v) is 5.98. The smallest absolute Gasteiger partial charge is 0.260 e. The van der Waals surface area contributed by atoms with E-state index in [4.69, 9.17) is 9.63 Å². The number of aromatic nitrogens is 2. The molecular formula is C16H20F2N4O2. The standard InChI is InChI=1S/C16H20F2N4O2/c1-11-9-21(4-5-22(11)6-7-23)10-15-19-16(24-20-15)13-3-2-12(17)8-14(13)18/h2-3,8,11,23H,4-7,9-10H2,1H3/t11-/m1/s1. The van der Waals surface area contributed by atoms with Gasteiger partial charge < -0.3 is 9.63 Å². The van der Waals surface area contributed by atoms with Crippen molar-refractivity contribution in [2.75, 3.05) is 32.8 Å². The Morgan fingerprint density at radius 2 is 2.17 bits per heavy atom. The second kappa shape index (κ2) is 7.33. The van der Waals surface area contributed by atoms with Crippen molar-refractivity contribution in [3.8, 4) is 11.5 Å². The number of halogens is 2. The Bertz CT molecular complexity index is 694. The van der Waals surface area contributed by atoms with Crippen molar-refractivity contribution < 1.29 is 18.4 Å². The van der Waals surface area contributed by atoms with E-state index in [1.54, 1.807) is 0 Å². The molecule has 1 fully saturated rings. The summed E-state index contributed by atoms with van der Waals surface area (Å²) in [7, 11) is 0. The molecule has 3 rings (SSSR count). The van der Waals surface area contributed by atoms with Crippen molar-refractivity contribution >= 4 is 0 Å². The van der Waals surface area contributed by atoms with Gasteiger partial charge in [0.05, 0.1) is 18.7 Å². The SMILES string of the molecule is C[C@@H]1CN(Cc2noc(-c3ccc(F)cc3F)n2)CCN1CCO. The highest BCUT2D eigenvalue weighted by atomic mass is 19.1. The van der Waals surface area contributed by atoms with E-state index in [9.17, 15) is 8.78 Å². The maximum absolute atomic E-state index is 13.8. The Labute approximate surface area is 138 Å². The molecular weight excluding hydrogens is 318 g/mol. The molecule has 0 saturated carbocycles. The Hall–Kier alpha value is -1.90. The van der Waals surface area contributed by atoms with E-state index in [0.29, 0.717) is 25.0 Å². The zero-order chi connectivity index (χ0) is 17.1. The quantitative estimate of drug-likeness (QED) is 0.892. The topological polar surface area (TPSA) is 65.6 Å². The molecule has 1 saturated heterocycles. The van der Waals surface area contributed by atoms with Gasteiger partial charge in [0.1, 0.15) is 11.6 Å². The maximum Gasteiger partial charge on any atom is 0.260 e. The van der Waals surface area contributed by atoms with E-state index in [1.807, 2.05) is 0 Å². The fourth-order valence-electron chi connectivity index (χ4n) is 2.97. The van der Waals surface area contributed by atoms with Gasteiger partial charge in [0, 0.05) is 38.3 Å². The summed E-state index contributed by atoms with van der Waals surface area (Å²) in [5.74, 6) is -0.854. The van der Waals surface area contributed by atoms with Gasteiger partial charge in [-0.1, -0.05) is 5.16 Å². The van der Waals surface area contributed by atoms with Gasteiger partial charge in [0.2, 0.25) is 0 Å². The number of β-amino-alcohol motifs (C(OH)–C–C–N with tert-alkyl or cyclic N) is 1. The van der Waals surface area contributed by atoms with Crippen molar-refractivity contribution in [1.82, 2.24) is 19.9 Å². The van der Waals surface area contributed by atoms with E-state index in [2.05, 4.69) is 26.9 Å². The Balaban J connectivity index is 1.64. The molecule has 0 aliphatic carbocycles. The van der Waals surface area contributed by atoms with Crippen LogP contribution in [0.5, 0.6) is 0 Å². The van der Waals surface area contributed by atoms with Crippen molar-refractivity contribution in [1.29, 1.82) is 0 Å². The zero-order valence-electron chi connectivity index (χ0n) is 13.5. The lowest BCUT2D eigenvalue weighted by molar-refractivity contribution is 0.0630. The largest absolute Gasteiger partial charge is 0.395 e. The van der Waals surface area contributed by atoms with Crippen molar-refractivity contribution in [3.63, 3.8) is 0 Å². The second-order valence-electron chi connectivity index (χ2n) is 5.98. The maximum atomic E-state index is 13.8. The van der Waals surface area contributed by atoms with E-state index in [0.717, 1.165) is 31.8 Å². The van der Waals surface area contributed by atoms with Gasteiger partial charge in [-0.2, -0.15) is 4.98 Å². The summed E-state index contributed by atoms with van der Waals surface area (Å²) in [4.78, 5) is 8.63. The van der Waals surface area contributed by atoms with E-state index >= 15 is 0 Å². The zero-order valence-corrected chi connectivity index (χ0v) is 13.5. The molecule has 0 bridgehead atoms. The number of hydrogen-bond donors (Lipinski definition) is 1. The van der Waals surface area contributed by atoms with Gasteiger partial charge in [-0.3, -0.25) is 9.80 Å². The molecule has 1 aromatic heterocycles. The molecule has 0 unspecified atom stereocenters. The number of aliphatic hydroxyl groups is 1. The van der Waals surface area contributed by atoms with Crippen LogP contribution >= 0.6 is 0 Å². The molecule has 6 nitrogen and oxygen atoms in total.